The molecule has 0 N–H and O–H groups in total. The van der Waals surface area contributed by atoms with E-state index in [1.807, 2.05) is 23.1 Å². The normalized spacial score (nSPS) is 17.9. The Morgan fingerprint density at radius 2 is 2.17 bits per heavy atom. The van der Waals surface area contributed by atoms with Crippen molar-refractivity contribution in [2.45, 2.75) is 38.3 Å². The molecule has 0 saturated carbocycles. The number of aromatic nitrogens is 3. The van der Waals surface area contributed by atoms with Crippen molar-refractivity contribution >= 4 is 5.91 Å². The van der Waals surface area contributed by atoms with Gasteiger partial charge in [0.15, 0.2) is 5.69 Å². The van der Waals surface area contributed by atoms with Crippen molar-refractivity contribution in [1.29, 1.82) is 0 Å². The Morgan fingerprint density at radius 3 is 2.96 bits per heavy atom. The lowest BCUT2D eigenvalue weighted by Gasteiger charge is -2.31. The molecule has 6 heteroatoms. The van der Waals surface area contributed by atoms with Gasteiger partial charge in [-0.15, -0.1) is 5.10 Å². The fraction of sp³-hybridized carbons (Fsp3) is 0.500. The molecule has 1 aliphatic heterocycles. The number of hydrogen-bond donors (Lipinski definition) is 0. The standard InChI is InChI=1S/C18H24N4O2/c1-24-16-10-6-11-21(13-16)18(23)17-14-22(20-19-17)12-5-9-15-7-3-2-4-8-15/h2-4,7-8,14,16H,5-6,9-13H2,1H3/t16-/m1/s1. The summed E-state index contributed by atoms with van der Waals surface area (Å²) in [6, 6.07) is 10.4. The first-order valence-electron chi connectivity index (χ1n) is 8.52. The van der Waals surface area contributed by atoms with Gasteiger partial charge in [0.05, 0.1) is 12.3 Å². The van der Waals surface area contributed by atoms with Crippen LogP contribution < -0.4 is 0 Å². The average Bonchev–Trinajstić information content (AvgIpc) is 3.11. The number of hydrogen-bond acceptors (Lipinski definition) is 4. The molecule has 1 amide bonds. The molecular formula is C18H24N4O2. The van der Waals surface area contributed by atoms with Gasteiger partial charge in [0.1, 0.15) is 0 Å². The van der Waals surface area contributed by atoms with Crippen LogP contribution in [0.4, 0.5) is 0 Å². The SMILES string of the molecule is CO[C@@H]1CCCN(C(=O)c2cn(CCCc3ccccc3)nn2)C1. The van der Waals surface area contributed by atoms with Crippen LogP contribution >= 0.6 is 0 Å². The Balaban J connectivity index is 1.52. The molecule has 3 rings (SSSR count). The number of amides is 1. The van der Waals surface area contributed by atoms with E-state index in [2.05, 4.69) is 22.4 Å². The molecule has 1 aromatic heterocycles. The van der Waals surface area contributed by atoms with E-state index in [4.69, 9.17) is 4.74 Å². The molecule has 128 valence electrons. The maximum Gasteiger partial charge on any atom is 0.276 e. The molecule has 1 fully saturated rings. The van der Waals surface area contributed by atoms with Crippen molar-refractivity contribution in [2.24, 2.45) is 0 Å². The molecule has 2 heterocycles. The van der Waals surface area contributed by atoms with Crippen molar-refractivity contribution in [1.82, 2.24) is 19.9 Å². The third-order valence-electron chi connectivity index (χ3n) is 4.45. The minimum atomic E-state index is -0.0499. The van der Waals surface area contributed by atoms with E-state index in [1.54, 1.807) is 18.0 Å². The molecule has 1 atom stereocenters. The van der Waals surface area contributed by atoms with E-state index >= 15 is 0 Å². The molecule has 24 heavy (non-hydrogen) atoms. The number of rotatable bonds is 6. The van der Waals surface area contributed by atoms with E-state index < -0.39 is 0 Å². The number of methoxy groups -OCH3 is 1. The number of likely N-dealkylation sites (tertiary alicyclic amines) is 1. The zero-order valence-corrected chi connectivity index (χ0v) is 14.1. The monoisotopic (exact) mass is 328 g/mol. The van der Waals surface area contributed by atoms with Crippen LogP contribution in [-0.2, 0) is 17.7 Å². The van der Waals surface area contributed by atoms with Crippen LogP contribution in [-0.4, -0.2) is 52.1 Å². The minimum absolute atomic E-state index is 0.0499. The van der Waals surface area contributed by atoms with Crippen molar-refractivity contribution in [3.63, 3.8) is 0 Å². The van der Waals surface area contributed by atoms with E-state index in [9.17, 15) is 4.79 Å². The van der Waals surface area contributed by atoms with E-state index in [-0.39, 0.29) is 12.0 Å². The lowest BCUT2D eigenvalue weighted by atomic mass is 10.1. The van der Waals surface area contributed by atoms with E-state index in [1.165, 1.54) is 5.56 Å². The molecule has 6 nitrogen and oxygen atoms in total. The first kappa shape index (κ1) is 16.6. The second kappa shape index (κ2) is 8.06. The van der Waals surface area contributed by atoms with Gasteiger partial charge >= 0.3 is 0 Å². The van der Waals surface area contributed by atoms with Crippen LogP contribution in [0.5, 0.6) is 0 Å². The molecular weight excluding hydrogens is 304 g/mol. The van der Waals surface area contributed by atoms with Crippen LogP contribution in [0.2, 0.25) is 0 Å². The zero-order valence-electron chi connectivity index (χ0n) is 14.1. The largest absolute Gasteiger partial charge is 0.380 e. The second-order valence-electron chi connectivity index (χ2n) is 6.21. The van der Waals surface area contributed by atoms with Crippen LogP contribution in [0.1, 0.15) is 35.3 Å². The number of carbonyl (C=O) groups is 1. The molecule has 0 unspecified atom stereocenters. The molecule has 0 aliphatic carbocycles. The Kier molecular flexibility index (Phi) is 5.59. The number of nitrogens with zero attached hydrogens (tertiary/aromatic N) is 4. The summed E-state index contributed by atoms with van der Waals surface area (Å²) in [6.45, 7) is 2.16. The highest BCUT2D eigenvalue weighted by atomic mass is 16.5. The highest BCUT2D eigenvalue weighted by Gasteiger charge is 2.25. The molecule has 2 aromatic rings. The van der Waals surface area contributed by atoms with Gasteiger partial charge in [-0.1, -0.05) is 35.5 Å². The summed E-state index contributed by atoms with van der Waals surface area (Å²) in [7, 11) is 1.70. The highest BCUT2D eigenvalue weighted by Crippen LogP contribution is 2.14. The maximum absolute atomic E-state index is 12.5. The van der Waals surface area contributed by atoms with Gasteiger partial charge in [-0.25, -0.2) is 0 Å². The van der Waals surface area contributed by atoms with Crippen LogP contribution in [0, 0.1) is 0 Å². The summed E-state index contributed by atoms with van der Waals surface area (Å²) in [5.74, 6) is -0.0499. The Morgan fingerprint density at radius 1 is 1.33 bits per heavy atom. The molecule has 0 spiro atoms. The van der Waals surface area contributed by atoms with Gasteiger partial charge in [0.2, 0.25) is 0 Å². The minimum Gasteiger partial charge on any atom is -0.380 e. The summed E-state index contributed by atoms with van der Waals surface area (Å²) in [6.07, 6.45) is 5.82. The summed E-state index contributed by atoms with van der Waals surface area (Å²) in [5, 5.41) is 8.14. The van der Waals surface area contributed by atoms with E-state index in [0.29, 0.717) is 12.2 Å². The zero-order chi connectivity index (χ0) is 16.8. The van der Waals surface area contributed by atoms with Crippen molar-refractivity contribution < 1.29 is 9.53 Å². The van der Waals surface area contributed by atoms with Gasteiger partial charge in [-0.2, -0.15) is 0 Å². The number of aryl methyl sites for hydroxylation is 2. The third-order valence-corrected chi connectivity index (χ3v) is 4.45. The average molecular weight is 328 g/mol. The smallest absolute Gasteiger partial charge is 0.276 e. The van der Waals surface area contributed by atoms with Gasteiger partial charge in [-0.05, 0) is 31.2 Å². The van der Waals surface area contributed by atoms with Gasteiger partial charge in [0.25, 0.3) is 5.91 Å². The quantitative estimate of drug-likeness (QED) is 0.815. The Hall–Kier alpha value is -2.21. The predicted molar refractivity (Wildman–Crippen MR) is 90.7 cm³/mol. The van der Waals surface area contributed by atoms with Crippen molar-refractivity contribution in [2.75, 3.05) is 20.2 Å². The Labute approximate surface area is 142 Å². The Bertz CT molecular complexity index is 656. The summed E-state index contributed by atoms with van der Waals surface area (Å²) in [4.78, 5) is 14.3. The molecule has 0 radical (unpaired) electrons. The van der Waals surface area contributed by atoms with Gasteiger partial charge in [0, 0.05) is 26.7 Å². The molecule has 1 saturated heterocycles. The first-order chi connectivity index (χ1) is 11.8. The lowest BCUT2D eigenvalue weighted by Crippen LogP contribution is -2.43. The summed E-state index contributed by atoms with van der Waals surface area (Å²) in [5.41, 5.74) is 1.74. The number of piperidine rings is 1. The van der Waals surface area contributed by atoms with Crippen LogP contribution in [0.3, 0.4) is 0 Å². The summed E-state index contributed by atoms with van der Waals surface area (Å²) >= 11 is 0. The van der Waals surface area contributed by atoms with Crippen molar-refractivity contribution in [3.05, 3.63) is 47.8 Å². The van der Waals surface area contributed by atoms with Gasteiger partial charge < -0.3 is 9.64 Å². The fourth-order valence-electron chi connectivity index (χ4n) is 3.07. The highest BCUT2D eigenvalue weighted by molar-refractivity contribution is 5.92. The topological polar surface area (TPSA) is 60.2 Å². The first-order valence-corrected chi connectivity index (χ1v) is 8.52. The number of carbonyl (C=O) groups excluding carboxylic acids is 1. The van der Waals surface area contributed by atoms with Crippen LogP contribution in [0.15, 0.2) is 36.5 Å². The van der Waals surface area contributed by atoms with Crippen molar-refractivity contribution in [3.8, 4) is 0 Å². The number of benzene rings is 1. The second-order valence-corrected chi connectivity index (χ2v) is 6.21. The predicted octanol–water partition coefficient (Wildman–Crippen LogP) is 2.16. The lowest BCUT2D eigenvalue weighted by molar-refractivity contribution is 0.0265. The number of ether oxygens (including phenoxy) is 1. The summed E-state index contributed by atoms with van der Waals surface area (Å²) < 4.78 is 7.13. The molecule has 1 aliphatic rings. The van der Waals surface area contributed by atoms with Gasteiger partial charge in [-0.3, -0.25) is 9.48 Å². The van der Waals surface area contributed by atoms with Crippen LogP contribution in [0.25, 0.3) is 0 Å². The maximum atomic E-state index is 12.5. The molecule has 0 bridgehead atoms. The van der Waals surface area contributed by atoms with E-state index in [0.717, 1.165) is 38.8 Å². The molecule has 1 aromatic carbocycles. The third kappa shape index (κ3) is 4.20. The fourth-order valence-corrected chi connectivity index (χ4v) is 3.07.